The van der Waals surface area contributed by atoms with Crippen LogP contribution in [0.4, 0.5) is 5.69 Å². The van der Waals surface area contributed by atoms with Crippen molar-refractivity contribution < 1.29 is 0 Å². The lowest BCUT2D eigenvalue weighted by Crippen LogP contribution is -2.16. The molecule has 1 N–H and O–H groups in total. The third kappa shape index (κ3) is 3.32. The molecule has 0 saturated heterocycles. The molecule has 0 aliphatic heterocycles. The standard InChI is InChI=1S/C12H13N3/c1-3-5-10(4-2)15-12-7-6-11(8-13)14-9-12/h2,6-7,9-10,15H,3,5H2,1H3. The van der Waals surface area contributed by atoms with E-state index in [4.69, 9.17) is 11.7 Å². The van der Waals surface area contributed by atoms with Crippen molar-refractivity contribution in [2.75, 3.05) is 5.32 Å². The van der Waals surface area contributed by atoms with Gasteiger partial charge < -0.3 is 5.32 Å². The van der Waals surface area contributed by atoms with Crippen molar-refractivity contribution in [1.82, 2.24) is 4.98 Å². The molecule has 1 heterocycles. The quantitative estimate of drug-likeness (QED) is 0.756. The summed E-state index contributed by atoms with van der Waals surface area (Å²) in [6, 6.07) is 5.48. The zero-order chi connectivity index (χ0) is 11.1. The third-order valence-electron chi connectivity index (χ3n) is 2.00. The first-order chi connectivity index (χ1) is 7.30. The van der Waals surface area contributed by atoms with E-state index in [9.17, 15) is 0 Å². The van der Waals surface area contributed by atoms with E-state index in [0.29, 0.717) is 5.69 Å². The van der Waals surface area contributed by atoms with Crippen molar-refractivity contribution in [3.63, 3.8) is 0 Å². The van der Waals surface area contributed by atoms with Crippen LogP contribution in [-0.2, 0) is 0 Å². The second kappa shape index (κ2) is 5.67. The van der Waals surface area contributed by atoms with Crippen LogP contribution in [0.1, 0.15) is 25.5 Å². The van der Waals surface area contributed by atoms with Gasteiger partial charge in [-0.3, -0.25) is 0 Å². The van der Waals surface area contributed by atoms with Gasteiger partial charge >= 0.3 is 0 Å². The topological polar surface area (TPSA) is 48.7 Å². The number of nitrogens with one attached hydrogen (secondary N) is 1. The molecule has 0 saturated carbocycles. The van der Waals surface area contributed by atoms with Crippen LogP contribution < -0.4 is 5.32 Å². The molecule has 1 aromatic heterocycles. The van der Waals surface area contributed by atoms with E-state index < -0.39 is 0 Å². The molecule has 0 fully saturated rings. The van der Waals surface area contributed by atoms with Gasteiger partial charge in [-0.2, -0.15) is 5.26 Å². The first-order valence-corrected chi connectivity index (χ1v) is 4.89. The molecule has 76 valence electrons. The molecule has 0 aromatic carbocycles. The van der Waals surface area contributed by atoms with E-state index in [-0.39, 0.29) is 6.04 Å². The average Bonchev–Trinajstić information content (AvgIpc) is 2.29. The second-order valence-corrected chi connectivity index (χ2v) is 3.20. The minimum atomic E-state index is 0.0322. The van der Waals surface area contributed by atoms with Gasteiger partial charge in [0.05, 0.1) is 17.9 Å². The molecule has 1 aromatic rings. The number of hydrogen-bond acceptors (Lipinski definition) is 3. The van der Waals surface area contributed by atoms with Gasteiger partial charge in [0, 0.05) is 0 Å². The van der Waals surface area contributed by atoms with Crippen molar-refractivity contribution in [3.05, 3.63) is 24.0 Å². The number of pyridine rings is 1. The zero-order valence-electron chi connectivity index (χ0n) is 8.70. The summed E-state index contributed by atoms with van der Waals surface area (Å²) in [6.07, 6.45) is 8.96. The lowest BCUT2D eigenvalue weighted by atomic mass is 10.2. The number of nitrogens with zero attached hydrogens (tertiary/aromatic N) is 2. The summed E-state index contributed by atoms with van der Waals surface area (Å²) in [7, 11) is 0. The van der Waals surface area contributed by atoms with Gasteiger partial charge in [-0.05, 0) is 18.6 Å². The van der Waals surface area contributed by atoms with E-state index in [1.807, 2.05) is 12.1 Å². The molecule has 0 amide bonds. The number of terminal acetylenes is 1. The van der Waals surface area contributed by atoms with Gasteiger partial charge in [-0.25, -0.2) is 4.98 Å². The fourth-order valence-corrected chi connectivity index (χ4v) is 1.23. The predicted octanol–water partition coefficient (Wildman–Crippen LogP) is 2.17. The Morgan fingerprint density at radius 2 is 2.40 bits per heavy atom. The van der Waals surface area contributed by atoms with E-state index in [1.54, 1.807) is 12.3 Å². The molecular formula is C12H13N3. The molecule has 1 atom stereocenters. The minimum Gasteiger partial charge on any atom is -0.370 e. The van der Waals surface area contributed by atoms with Crippen molar-refractivity contribution in [2.45, 2.75) is 25.8 Å². The highest BCUT2D eigenvalue weighted by molar-refractivity contribution is 5.45. The van der Waals surface area contributed by atoms with Crippen LogP contribution in [0.3, 0.4) is 0 Å². The molecule has 0 spiro atoms. The minimum absolute atomic E-state index is 0.0322. The van der Waals surface area contributed by atoms with Crippen LogP contribution >= 0.6 is 0 Å². The second-order valence-electron chi connectivity index (χ2n) is 3.20. The van der Waals surface area contributed by atoms with Crippen LogP contribution in [0.15, 0.2) is 18.3 Å². The smallest absolute Gasteiger partial charge is 0.140 e. The summed E-state index contributed by atoms with van der Waals surface area (Å²) in [5.74, 6) is 2.68. The molecule has 0 radical (unpaired) electrons. The molecule has 3 heteroatoms. The molecular weight excluding hydrogens is 186 g/mol. The Morgan fingerprint density at radius 3 is 2.87 bits per heavy atom. The number of anilines is 1. The molecule has 3 nitrogen and oxygen atoms in total. The maximum absolute atomic E-state index is 8.58. The lowest BCUT2D eigenvalue weighted by molar-refractivity contribution is 0.755. The number of rotatable bonds is 4. The predicted molar refractivity (Wildman–Crippen MR) is 60.1 cm³/mol. The van der Waals surface area contributed by atoms with Gasteiger partial charge in [-0.1, -0.05) is 19.3 Å². The summed E-state index contributed by atoms with van der Waals surface area (Å²) < 4.78 is 0. The molecule has 0 aliphatic rings. The fourth-order valence-electron chi connectivity index (χ4n) is 1.23. The Morgan fingerprint density at radius 1 is 1.60 bits per heavy atom. The van der Waals surface area contributed by atoms with E-state index in [0.717, 1.165) is 18.5 Å². The van der Waals surface area contributed by atoms with Crippen molar-refractivity contribution in [1.29, 1.82) is 5.26 Å². The summed E-state index contributed by atoms with van der Waals surface area (Å²) in [6.45, 7) is 2.09. The Hall–Kier alpha value is -2.00. The van der Waals surface area contributed by atoms with Gasteiger partial charge in [0.1, 0.15) is 11.8 Å². The highest BCUT2D eigenvalue weighted by Crippen LogP contribution is 2.09. The Labute approximate surface area is 90.1 Å². The highest BCUT2D eigenvalue weighted by atomic mass is 14.9. The number of aromatic nitrogens is 1. The van der Waals surface area contributed by atoms with Crippen LogP contribution in [0.5, 0.6) is 0 Å². The van der Waals surface area contributed by atoms with Crippen molar-refractivity contribution in [3.8, 4) is 18.4 Å². The SMILES string of the molecule is C#CC(CCC)Nc1ccc(C#N)nc1. The van der Waals surface area contributed by atoms with Crippen molar-refractivity contribution >= 4 is 5.69 Å². The Balaban J connectivity index is 2.65. The summed E-state index contributed by atoms with van der Waals surface area (Å²) >= 11 is 0. The number of hydrogen-bond donors (Lipinski definition) is 1. The third-order valence-corrected chi connectivity index (χ3v) is 2.00. The average molecular weight is 199 g/mol. The van der Waals surface area contributed by atoms with Crippen molar-refractivity contribution in [2.24, 2.45) is 0 Å². The fraction of sp³-hybridized carbons (Fsp3) is 0.333. The monoisotopic (exact) mass is 199 g/mol. The summed E-state index contributed by atoms with van der Waals surface area (Å²) in [4.78, 5) is 3.95. The number of nitriles is 1. The van der Waals surface area contributed by atoms with E-state index in [1.165, 1.54) is 0 Å². The van der Waals surface area contributed by atoms with Crippen LogP contribution in [0.2, 0.25) is 0 Å². The first-order valence-electron chi connectivity index (χ1n) is 4.89. The summed E-state index contributed by atoms with van der Waals surface area (Å²) in [5, 5.41) is 11.7. The van der Waals surface area contributed by atoms with Gasteiger partial charge in [0.2, 0.25) is 0 Å². The van der Waals surface area contributed by atoms with Crippen LogP contribution in [0, 0.1) is 23.7 Å². The molecule has 0 bridgehead atoms. The van der Waals surface area contributed by atoms with E-state index >= 15 is 0 Å². The van der Waals surface area contributed by atoms with Gasteiger partial charge in [0.25, 0.3) is 0 Å². The van der Waals surface area contributed by atoms with Gasteiger partial charge in [-0.15, -0.1) is 6.42 Å². The molecule has 1 unspecified atom stereocenters. The first kappa shape index (κ1) is 11.1. The molecule has 1 rings (SSSR count). The van der Waals surface area contributed by atoms with Crippen LogP contribution in [-0.4, -0.2) is 11.0 Å². The normalized spacial score (nSPS) is 11.1. The maximum atomic E-state index is 8.58. The lowest BCUT2D eigenvalue weighted by Gasteiger charge is -2.12. The Bertz CT molecular complexity index is 381. The highest BCUT2D eigenvalue weighted by Gasteiger charge is 2.03. The molecule has 15 heavy (non-hydrogen) atoms. The zero-order valence-corrected chi connectivity index (χ0v) is 8.70. The maximum Gasteiger partial charge on any atom is 0.140 e. The van der Waals surface area contributed by atoms with E-state index in [2.05, 4.69) is 23.1 Å². The van der Waals surface area contributed by atoms with Gasteiger partial charge in [0.15, 0.2) is 0 Å². The Kier molecular flexibility index (Phi) is 4.19. The molecule has 0 aliphatic carbocycles. The van der Waals surface area contributed by atoms with Crippen LogP contribution in [0.25, 0.3) is 0 Å². The summed E-state index contributed by atoms with van der Waals surface area (Å²) in [5.41, 5.74) is 1.26. The largest absolute Gasteiger partial charge is 0.370 e.